The van der Waals surface area contributed by atoms with Crippen molar-refractivity contribution >= 4 is 5.91 Å². The van der Waals surface area contributed by atoms with Gasteiger partial charge in [0.2, 0.25) is 0 Å². The van der Waals surface area contributed by atoms with Crippen LogP contribution in [-0.2, 0) is 0 Å². The molecule has 1 fully saturated rings. The van der Waals surface area contributed by atoms with Crippen molar-refractivity contribution in [1.82, 2.24) is 10.2 Å². The smallest absolute Gasteiger partial charge is 0.257 e. The van der Waals surface area contributed by atoms with E-state index in [2.05, 4.69) is 5.32 Å². The molecule has 0 aliphatic carbocycles. The van der Waals surface area contributed by atoms with Gasteiger partial charge in [0.25, 0.3) is 5.91 Å². The van der Waals surface area contributed by atoms with Crippen molar-refractivity contribution < 1.29 is 9.90 Å². The molecule has 2 rings (SSSR count). The molecule has 1 aromatic carbocycles. The van der Waals surface area contributed by atoms with Gasteiger partial charge in [-0.25, -0.2) is 0 Å². The topological polar surface area (TPSA) is 52.6 Å². The fraction of sp³-hybridized carbons (Fsp3) is 0.562. The third kappa shape index (κ3) is 3.73. The minimum Gasteiger partial charge on any atom is -0.507 e. The number of nitrogens with zero attached hydrogens (tertiary/aromatic N) is 1. The molecule has 1 amide bonds. The molecule has 0 radical (unpaired) electrons. The highest BCUT2D eigenvalue weighted by Crippen LogP contribution is 2.21. The number of hydrogen-bond acceptors (Lipinski definition) is 3. The fourth-order valence-corrected chi connectivity index (χ4v) is 2.67. The summed E-state index contributed by atoms with van der Waals surface area (Å²) in [6.07, 6.45) is 3.42. The van der Waals surface area contributed by atoms with Gasteiger partial charge in [-0.1, -0.05) is 11.6 Å². The Hall–Kier alpha value is -1.55. The van der Waals surface area contributed by atoms with Crippen molar-refractivity contribution in [3.05, 3.63) is 29.3 Å². The number of aryl methyl sites for hydroxylation is 1. The molecule has 1 aliphatic rings. The molecule has 110 valence electrons. The summed E-state index contributed by atoms with van der Waals surface area (Å²) in [4.78, 5) is 14.1. The molecule has 0 aromatic heterocycles. The number of phenols is 1. The molecule has 1 aliphatic heterocycles. The molecule has 0 spiro atoms. The van der Waals surface area contributed by atoms with E-state index in [1.807, 2.05) is 14.0 Å². The number of nitrogens with one attached hydrogen (secondary N) is 1. The minimum atomic E-state index is -0.0971. The van der Waals surface area contributed by atoms with Gasteiger partial charge in [-0.15, -0.1) is 0 Å². The third-order valence-electron chi connectivity index (χ3n) is 4.06. The number of piperidine rings is 1. The first-order valence-corrected chi connectivity index (χ1v) is 7.33. The van der Waals surface area contributed by atoms with Crippen LogP contribution < -0.4 is 5.32 Å². The van der Waals surface area contributed by atoms with E-state index in [-0.39, 0.29) is 11.7 Å². The maximum Gasteiger partial charge on any atom is 0.257 e. The molecule has 1 saturated heterocycles. The van der Waals surface area contributed by atoms with Crippen LogP contribution in [0.4, 0.5) is 0 Å². The van der Waals surface area contributed by atoms with E-state index in [1.165, 1.54) is 12.8 Å². The molecule has 0 bridgehead atoms. The molecule has 0 saturated carbocycles. The van der Waals surface area contributed by atoms with Crippen LogP contribution in [0.3, 0.4) is 0 Å². The number of rotatable bonds is 4. The highest BCUT2D eigenvalue weighted by atomic mass is 16.3. The highest BCUT2D eigenvalue weighted by Gasteiger charge is 2.18. The Kier molecular flexibility index (Phi) is 5.01. The van der Waals surface area contributed by atoms with Crippen LogP contribution in [0.1, 0.15) is 35.2 Å². The zero-order valence-electron chi connectivity index (χ0n) is 12.4. The summed E-state index contributed by atoms with van der Waals surface area (Å²) in [5.74, 6) is 0.673. The summed E-state index contributed by atoms with van der Waals surface area (Å²) < 4.78 is 0. The van der Waals surface area contributed by atoms with E-state index < -0.39 is 0 Å². The van der Waals surface area contributed by atoms with Gasteiger partial charge < -0.3 is 15.3 Å². The van der Waals surface area contributed by atoms with Crippen molar-refractivity contribution in [2.24, 2.45) is 5.92 Å². The van der Waals surface area contributed by atoms with Gasteiger partial charge in [0.05, 0.1) is 5.56 Å². The monoisotopic (exact) mass is 276 g/mol. The van der Waals surface area contributed by atoms with Gasteiger partial charge in [-0.2, -0.15) is 0 Å². The fourth-order valence-electron chi connectivity index (χ4n) is 2.67. The molecule has 1 aromatic rings. The van der Waals surface area contributed by atoms with E-state index in [1.54, 1.807) is 23.1 Å². The van der Waals surface area contributed by atoms with Gasteiger partial charge >= 0.3 is 0 Å². The van der Waals surface area contributed by atoms with E-state index in [0.717, 1.165) is 31.6 Å². The molecule has 0 atom stereocenters. The molecule has 20 heavy (non-hydrogen) atoms. The number of carbonyl (C=O) groups excluding carboxylic acids is 1. The molecular weight excluding hydrogens is 252 g/mol. The Morgan fingerprint density at radius 1 is 1.40 bits per heavy atom. The Labute approximate surface area is 120 Å². The lowest BCUT2D eigenvalue weighted by atomic mass is 9.94. The zero-order valence-corrected chi connectivity index (χ0v) is 12.4. The standard InChI is InChI=1S/C16H24N2O2/c1-12-3-4-15(19)14(11-12)16(20)18(2)10-7-13-5-8-17-9-6-13/h3-4,11,13,17,19H,5-10H2,1-2H3. The van der Waals surface area contributed by atoms with Crippen LogP contribution in [0.2, 0.25) is 0 Å². The molecule has 4 heteroatoms. The molecule has 1 heterocycles. The predicted octanol–water partition coefficient (Wildman–Crippen LogP) is 2.16. The van der Waals surface area contributed by atoms with Crippen molar-refractivity contribution in [2.45, 2.75) is 26.2 Å². The molecular formula is C16H24N2O2. The molecule has 2 N–H and O–H groups in total. The molecule has 0 unspecified atom stereocenters. The van der Waals surface area contributed by atoms with E-state index in [0.29, 0.717) is 11.5 Å². The van der Waals surface area contributed by atoms with Crippen LogP contribution in [0.25, 0.3) is 0 Å². The largest absolute Gasteiger partial charge is 0.507 e. The average molecular weight is 276 g/mol. The number of carbonyl (C=O) groups is 1. The second kappa shape index (κ2) is 6.75. The van der Waals surface area contributed by atoms with Gasteiger partial charge in [0.15, 0.2) is 0 Å². The Balaban J connectivity index is 1.92. The summed E-state index contributed by atoms with van der Waals surface area (Å²) in [6.45, 7) is 4.84. The van der Waals surface area contributed by atoms with Gasteiger partial charge in [0.1, 0.15) is 5.75 Å². The van der Waals surface area contributed by atoms with Crippen LogP contribution in [-0.4, -0.2) is 42.6 Å². The van der Waals surface area contributed by atoms with Gasteiger partial charge in [-0.3, -0.25) is 4.79 Å². The van der Waals surface area contributed by atoms with Crippen LogP contribution >= 0.6 is 0 Å². The maximum absolute atomic E-state index is 12.3. The number of aromatic hydroxyl groups is 1. The lowest BCUT2D eigenvalue weighted by Crippen LogP contribution is -2.32. The third-order valence-corrected chi connectivity index (χ3v) is 4.06. The van der Waals surface area contributed by atoms with E-state index in [4.69, 9.17) is 0 Å². The van der Waals surface area contributed by atoms with Gasteiger partial charge in [0, 0.05) is 13.6 Å². The predicted molar refractivity (Wildman–Crippen MR) is 80.0 cm³/mol. The summed E-state index contributed by atoms with van der Waals surface area (Å²) in [6, 6.07) is 5.14. The second-order valence-corrected chi connectivity index (χ2v) is 5.73. The first-order valence-electron chi connectivity index (χ1n) is 7.33. The summed E-state index contributed by atoms with van der Waals surface area (Å²) >= 11 is 0. The number of amides is 1. The lowest BCUT2D eigenvalue weighted by Gasteiger charge is -2.25. The van der Waals surface area contributed by atoms with Crippen molar-refractivity contribution in [2.75, 3.05) is 26.7 Å². The van der Waals surface area contributed by atoms with Crippen molar-refractivity contribution in [3.63, 3.8) is 0 Å². The van der Waals surface area contributed by atoms with Crippen LogP contribution in [0.15, 0.2) is 18.2 Å². The molecule has 4 nitrogen and oxygen atoms in total. The van der Waals surface area contributed by atoms with Crippen molar-refractivity contribution in [1.29, 1.82) is 0 Å². The highest BCUT2D eigenvalue weighted by molar-refractivity contribution is 5.96. The quantitative estimate of drug-likeness (QED) is 0.886. The lowest BCUT2D eigenvalue weighted by molar-refractivity contribution is 0.0781. The Morgan fingerprint density at radius 2 is 2.10 bits per heavy atom. The van der Waals surface area contributed by atoms with E-state index >= 15 is 0 Å². The normalized spacial score (nSPS) is 16.1. The number of hydrogen-bond donors (Lipinski definition) is 2. The minimum absolute atomic E-state index is 0.0642. The van der Waals surface area contributed by atoms with Crippen LogP contribution in [0.5, 0.6) is 5.75 Å². The second-order valence-electron chi connectivity index (χ2n) is 5.73. The Bertz CT molecular complexity index is 468. The van der Waals surface area contributed by atoms with Crippen molar-refractivity contribution in [3.8, 4) is 5.75 Å². The summed E-state index contributed by atoms with van der Waals surface area (Å²) in [5, 5.41) is 13.2. The zero-order chi connectivity index (χ0) is 14.5. The number of phenolic OH excluding ortho intramolecular Hbond substituents is 1. The number of benzene rings is 1. The van der Waals surface area contributed by atoms with E-state index in [9.17, 15) is 9.90 Å². The summed E-state index contributed by atoms with van der Waals surface area (Å²) in [5.41, 5.74) is 1.38. The van der Waals surface area contributed by atoms with Gasteiger partial charge in [-0.05, 0) is 57.3 Å². The maximum atomic E-state index is 12.3. The SMILES string of the molecule is Cc1ccc(O)c(C(=O)N(C)CCC2CCNCC2)c1. The summed E-state index contributed by atoms with van der Waals surface area (Å²) in [7, 11) is 1.81. The Morgan fingerprint density at radius 3 is 2.80 bits per heavy atom. The first kappa shape index (κ1) is 14.9. The average Bonchev–Trinajstić information content (AvgIpc) is 2.47. The first-order chi connectivity index (χ1) is 9.58. The van der Waals surface area contributed by atoms with Crippen LogP contribution in [0, 0.1) is 12.8 Å².